The Morgan fingerprint density at radius 1 is 0.714 bits per heavy atom. The smallest absolute Gasteiger partial charge is 0.404 e. The van der Waals surface area contributed by atoms with Crippen molar-refractivity contribution >= 4 is 21.0 Å². The average Bonchev–Trinajstić information content (AvgIpc) is 2.82. The zero-order chi connectivity index (χ0) is 25.7. The van der Waals surface area contributed by atoms with Gasteiger partial charge in [0.2, 0.25) is 0 Å². The molecule has 1 unspecified atom stereocenters. The Bertz CT molecular complexity index is 981. The van der Waals surface area contributed by atoms with Gasteiger partial charge in [-0.25, -0.2) is 8.42 Å². The fourth-order valence-corrected chi connectivity index (χ4v) is 6.37. The molecule has 35 heavy (non-hydrogen) atoms. The molecule has 0 fully saturated rings. The highest BCUT2D eigenvalue weighted by Gasteiger charge is 2.43. The molecule has 0 N–H and O–H groups in total. The molecule has 3 aromatic carbocycles. The number of hydrogen-bond acceptors (Lipinski definition) is 3. The van der Waals surface area contributed by atoms with E-state index in [9.17, 15) is 26.1 Å². The highest BCUT2D eigenvalue weighted by Crippen LogP contribution is 2.31. The van der Waals surface area contributed by atoms with Crippen molar-refractivity contribution in [3.05, 3.63) is 91.0 Å². The monoisotopic (exact) mass is 524 g/mol. The van der Waals surface area contributed by atoms with Crippen LogP contribution in [0.3, 0.4) is 0 Å². The summed E-state index contributed by atoms with van der Waals surface area (Å²) in [6.45, 7) is 1.96. The lowest BCUT2D eigenvalue weighted by Gasteiger charge is -2.22. The van der Waals surface area contributed by atoms with Crippen molar-refractivity contribution in [2.75, 3.05) is 0 Å². The van der Waals surface area contributed by atoms with Crippen LogP contribution in [0.25, 0.3) is 0 Å². The molecule has 3 nitrogen and oxygen atoms in total. The van der Waals surface area contributed by atoms with Crippen molar-refractivity contribution in [3.8, 4) is 0 Å². The van der Waals surface area contributed by atoms with Gasteiger partial charge < -0.3 is 4.55 Å². The third-order valence-corrected chi connectivity index (χ3v) is 8.65. The standard InChI is InChI=1S/C18H15S.C9H17F3O3S/c1-4-10-16(11-5-1)19(17-12-6-2-7-13-17)18-14-8-3-9-15-18;1-2-3-4-5-6-7-8(9(10,11)12)16(13,14)15/h1-15H;8H,2-7H2,1H3,(H,13,14,15)/q+1;/p-1. The Hall–Kier alpha value is -2.29. The number of rotatable bonds is 10. The summed E-state index contributed by atoms with van der Waals surface area (Å²) < 4.78 is 67.9. The lowest BCUT2D eigenvalue weighted by molar-refractivity contribution is -0.132. The molecule has 0 bridgehead atoms. The van der Waals surface area contributed by atoms with Crippen LogP contribution >= 0.6 is 0 Å². The first-order chi connectivity index (χ1) is 16.6. The summed E-state index contributed by atoms with van der Waals surface area (Å²) in [5.74, 6) is 0. The summed E-state index contributed by atoms with van der Waals surface area (Å²) in [6.07, 6.45) is -2.32. The van der Waals surface area contributed by atoms with E-state index >= 15 is 0 Å². The van der Waals surface area contributed by atoms with E-state index in [1.165, 1.54) is 14.7 Å². The molecule has 3 aromatic rings. The highest BCUT2D eigenvalue weighted by molar-refractivity contribution is 7.97. The van der Waals surface area contributed by atoms with E-state index in [0.717, 1.165) is 19.3 Å². The van der Waals surface area contributed by atoms with E-state index in [4.69, 9.17) is 0 Å². The van der Waals surface area contributed by atoms with Crippen LogP contribution in [0.15, 0.2) is 106 Å². The van der Waals surface area contributed by atoms with Crippen molar-refractivity contribution < 1.29 is 26.1 Å². The van der Waals surface area contributed by atoms with Gasteiger partial charge in [-0.3, -0.25) is 0 Å². The van der Waals surface area contributed by atoms with Gasteiger partial charge in [-0.05, 0) is 42.8 Å². The van der Waals surface area contributed by atoms with Crippen LogP contribution < -0.4 is 0 Å². The second-order valence-electron chi connectivity index (χ2n) is 7.97. The van der Waals surface area contributed by atoms with Crippen LogP contribution in [0, 0.1) is 0 Å². The maximum absolute atomic E-state index is 12.2. The second-order valence-corrected chi connectivity index (χ2v) is 11.6. The Morgan fingerprint density at radius 2 is 1.09 bits per heavy atom. The molecule has 0 aliphatic carbocycles. The Balaban J connectivity index is 0.000000252. The van der Waals surface area contributed by atoms with Crippen molar-refractivity contribution in [1.29, 1.82) is 0 Å². The van der Waals surface area contributed by atoms with Crippen LogP contribution in [0.4, 0.5) is 13.2 Å². The maximum Gasteiger partial charge on any atom is 0.404 e. The van der Waals surface area contributed by atoms with Gasteiger partial charge in [-0.1, -0.05) is 93.6 Å². The Labute approximate surface area is 209 Å². The van der Waals surface area contributed by atoms with Gasteiger partial charge in [0.25, 0.3) is 0 Å². The molecule has 0 saturated carbocycles. The number of benzene rings is 3. The van der Waals surface area contributed by atoms with Crippen LogP contribution in [0.2, 0.25) is 0 Å². The largest absolute Gasteiger partial charge is 0.747 e. The van der Waals surface area contributed by atoms with Gasteiger partial charge >= 0.3 is 6.18 Å². The summed E-state index contributed by atoms with van der Waals surface area (Å²) in [5.41, 5.74) is 0. The van der Waals surface area contributed by atoms with E-state index in [2.05, 4.69) is 91.0 Å². The predicted molar refractivity (Wildman–Crippen MR) is 134 cm³/mol. The molecular weight excluding hydrogens is 493 g/mol. The summed E-state index contributed by atoms with van der Waals surface area (Å²) in [7, 11) is -5.30. The molecule has 0 saturated heterocycles. The average molecular weight is 525 g/mol. The summed E-state index contributed by atoms with van der Waals surface area (Å²) in [5, 5.41) is -2.75. The first kappa shape index (κ1) is 28.9. The number of halogens is 3. The summed E-state index contributed by atoms with van der Waals surface area (Å²) in [4.78, 5) is 4.08. The zero-order valence-corrected chi connectivity index (χ0v) is 21.3. The lowest BCUT2D eigenvalue weighted by atomic mass is 10.1. The molecule has 0 aliphatic heterocycles. The molecule has 0 aromatic heterocycles. The molecule has 0 heterocycles. The minimum absolute atomic E-state index is 0.0146. The van der Waals surface area contributed by atoms with E-state index in [1.807, 2.05) is 6.92 Å². The SMILES string of the molecule is CCCCCCCC(C(F)(F)F)S(=O)(=O)[O-].c1ccc([S+](c2ccccc2)c2ccccc2)cc1. The number of unbranched alkanes of at least 4 members (excludes halogenated alkanes) is 4. The minimum atomic E-state index is -5.29. The highest BCUT2D eigenvalue weighted by atomic mass is 32.2. The van der Waals surface area contributed by atoms with Crippen LogP contribution in [-0.2, 0) is 21.0 Å². The van der Waals surface area contributed by atoms with Gasteiger partial charge in [-0.15, -0.1) is 0 Å². The molecule has 0 spiro atoms. The van der Waals surface area contributed by atoms with Crippen LogP contribution in [0.1, 0.15) is 45.4 Å². The first-order valence-electron chi connectivity index (χ1n) is 11.6. The Morgan fingerprint density at radius 3 is 1.40 bits per heavy atom. The zero-order valence-electron chi connectivity index (χ0n) is 19.7. The quantitative estimate of drug-likeness (QED) is 0.156. The normalized spacial score (nSPS) is 12.6. The van der Waals surface area contributed by atoms with E-state index in [0.29, 0.717) is 6.42 Å². The van der Waals surface area contributed by atoms with Crippen molar-refractivity contribution in [2.45, 2.75) is 71.6 Å². The molecule has 0 amide bonds. The van der Waals surface area contributed by atoms with E-state index in [1.54, 1.807) is 0 Å². The fourth-order valence-electron chi connectivity index (χ4n) is 3.48. The summed E-state index contributed by atoms with van der Waals surface area (Å²) in [6, 6.07) is 32.2. The molecule has 190 valence electrons. The molecular formula is C27H31F3O3S2. The summed E-state index contributed by atoms with van der Waals surface area (Å²) >= 11 is 0. The molecule has 8 heteroatoms. The maximum atomic E-state index is 12.2. The van der Waals surface area contributed by atoms with Gasteiger partial charge in [0.05, 0.1) is 10.9 Å². The minimum Gasteiger partial charge on any atom is -0.747 e. The molecule has 1 atom stereocenters. The number of hydrogen-bond donors (Lipinski definition) is 0. The third kappa shape index (κ3) is 10.1. The fraction of sp³-hybridized carbons (Fsp3) is 0.333. The van der Waals surface area contributed by atoms with Crippen molar-refractivity contribution in [3.63, 3.8) is 0 Å². The molecule has 3 rings (SSSR count). The molecule has 0 radical (unpaired) electrons. The van der Waals surface area contributed by atoms with Gasteiger partial charge in [-0.2, -0.15) is 13.2 Å². The van der Waals surface area contributed by atoms with Gasteiger partial charge in [0.15, 0.2) is 14.7 Å². The van der Waals surface area contributed by atoms with E-state index in [-0.39, 0.29) is 17.3 Å². The lowest BCUT2D eigenvalue weighted by Crippen LogP contribution is -2.36. The van der Waals surface area contributed by atoms with Crippen molar-refractivity contribution in [1.82, 2.24) is 0 Å². The first-order valence-corrected chi connectivity index (χ1v) is 14.2. The number of alkyl halides is 3. The second kappa shape index (κ2) is 14.3. The molecule has 0 aliphatic rings. The topological polar surface area (TPSA) is 57.2 Å². The predicted octanol–water partition coefficient (Wildman–Crippen LogP) is 7.61. The van der Waals surface area contributed by atoms with Gasteiger partial charge in [0, 0.05) is 0 Å². The van der Waals surface area contributed by atoms with Crippen LogP contribution in [0.5, 0.6) is 0 Å². The Kier molecular flexibility index (Phi) is 11.8. The van der Waals surface area contributed by atoms with Crippen LogP contribution in [-0.4, -0.2) is 24.4 Å². The van der Waals surface area contributed by atoms with Gasteiger partial charge in [0.1, 0.15) is 15.4 Å². The third-order valence-electron chi connectivity index (χ3n) is 5.22. The van der Waals surface area contributed by atoms with Crippen molar-refractivity contribution in [2.24, 2.45) is 0 Å². The van der Waals surface area contributed by atoms with E-state index < -0.39 is 28.0 Å².